The number of hydroxylamine groups is 1. The summed E-state index contributed by atoms with van der Waals surface area (Å²) in [4.78, 5) is 19.0. The van der Waals surface area contributed by atoms with Gasteiger partial charge in [0.15, 0.2) is 5.58 Å². The summed E-state index contributed by atoms with van der Waals surface area (Å²) < 4.78 is 4.92. The van der Waals surface area contributed by atoms with Crippen molar-refractivity contribution in [3.63, 3.8) is 0 Å². The van der Waals surface area contributed by atoms with Gasteiger partial charge in [-0.1, -0.05) is 0 Å². The highest BCUT2D eigenvalue weighted by Gasteiger charge is 2.17. The Morgan fingerprint density at radius 2 is 2.31 bits per heavy atom. The first kappa shape index (κ1) is 9.29. The zero-order valence-electron chi connectivity index (χ0n) is 8.53. The third kappa shape index (κ3) is 1.35. The van der Waals surface area contributed by atoms with Crippen molar-refractivity contribution in [2.45, 2.75) is 6.42 Å². The van der Waals surface area contributed by atoms with E-state index in [2.05, 4.69) is 4.98 Å². The van der Waals surface area contributed by atoms with Crippen LogP contribution in [-0.2, 0) is 4.84 Å². The molecule has 1 aromatic carbocycles. The minimum Gasteiger partial charge on any atom is -0.408 e. The van der Waals surface area contributed by atoms with E-state index in [0.717, 1.165) is 18.7 Å². The molecule has 84 valence electrons. The number of nitrogen functional groups attached to an aromatic ring is 1. The molecule has 6 heteroatoms. The summed E-state index contributed by atoms with van der Waals surface area (Å²) in [7, 11) is 0. The van der Waals surface area contributed by atoms with Crippen LogP contribution in [0.4, 0.5) is 11.4 Å². The molecule has 1 fully saturated rings. The minimum absolute atomic E-state index is 0.463. The summed E-state index contributed by atoms with van der Waals surface area (Å²) >= 11 is 0. The van der Waals surface area contributed by atoms with Crippen LogP contribution in [0.2, 0.25) is 0 Å². The summed E-state index contributed by atoms with van der Waals surface area (Å²) in [5, 5.41) is 1.74. The molecule has 1 saturated heterocycles. The Morgan fingerprint density at radius 1 is 1.44 bits per heavy atom. The topological polar surface area (TPSA) is 84.5 Å². The van der Waals surface area contributed by atoms with Crippen LogP contribution in [0, 0.1) is 0 Å². The van der Waals surface area contributed by atoms with Crippen molar-refractivity contribution in [1.29, 1.82) is 0 Å². The van der Waals surface area contributed by atoms with Crippen molar-refractivity contribution >= 4 is 22.5 Å². The van der Waals surface area contributed by atoms with Crippen LogP contribution in [0.5, 0.6) is 0 Å². The first-order valence-electron chi connectivity index (χ1n) is 5.07. The Bertz CT molecular complexity index is 580. The lowest BCUT2D eigenvalue weighted by Gasteiger charge is -2.17. The lowest BCUT2D eigenvalue weighted by molar-refractivity contribution is 0.168. The van der Waals surface area contributed by atoms with Crippen molar-refractivity contribution in [3.05, 3.63) is 22.7 Å². The number of benzene rings is 1. The average molecular weight is 221 g/mol. The zero-order valence-corrected chi connectivity index (χ0v) is 8.53. The number of oxazole rings is 1. The van der Waals surface area contributed by atoms with E-state index in [9.17, 15) is 4.79 Å². The van der Waals surface area contributed by atoms with E-state index in [0.29, 0.717) is 23.4 Å². The van der Waals surface area contributed by atoms with Gasteiger partial charge in [0.05, 0.1) is 23.5 Å². The lowest BCUT2D eigenvalue weighted by atomic mass is 10.2. The number of anilines is 2. The summed E-state index contributed by atoms with van der Waals surface area (Å²) in [6, 6.07) is 3.39. The van der Waals surface area contributed by atoms with Crippen molar-refractivity contribution < 1.29 is 9.25 Å². The zero-order chi connectivity index (χ0) is 11.1. The standard InChI is InChI=1S/C10H11N3O3/c11-6-4-9-7(12-10(14)16-9)5-8(6)13-2-1-3-15-13/h4-5H,1-3,11H2,(H,12,14). The first-order valence-corrected chi connectivity index (χ1v) is 5.07. The highest BCUT2D eigenvalue weighted by Crippen LogP contribution is 2.29. The second-order valence-corrected chi connectivity index (χ2v) is 3.71. The Morgan fingerprint density at radius 3 is 3.06 bits per heavy atom. The monoisotopic (exact) mass is 221 g/mol. The van der Waals surface area contributed by atoms with Crippen LogP contribution >= 0.6 is 0 Å². The van der Waals surface area contributed by atoms with Gasteiger partial charge in [0.2, 0.25) is 0 Å². The Kier molecular flexibility index (Phi) is 1.90. The fourth-order valence-corrected chi connectivity index (χ4v) is 1.86. The summed E-state index contributed by atoms with van der Waals surface area (Å²) in [6.07, 6.45) is 0.972. The third-order valence-corrected chi connectivity index (χ3v) is 2.59. The molecule has 1 aliphatic heterocycles. The van der Waals surface area contributed by atoms with Crippen LogP contribution in [0.25, 0.3) is 11.1 Å². The van der Waals surface area contributed by atoms with E-state index in [-0.39, 0.29) is 0 Å². The molecule has 0 amide bonds. The second-order valence-electron chi connectivity index (χ2n) is 3.71. The van der Waals surface area contributed by atoms with Gasteiger partial charge in [0.25, 0.3) is 0 Å². The van der Waals surface area contributed by atoms with E-state index >= 15 is 0 Å². The largest absolute Gasteiger partial charge is 0.417 e. The van der Waals surface area contributed by atoms with Gasteiger partial charge < -0.3 is 10.2 Å². The second kappa shape index (κ2) is 3.28. The van der Waals surface area contributed by atoms with E-state index < -0.39 is 5.76 Å². The molecule has 6 nitrogen and oxygen atoms in total. The van der Waals surface area contributed by atoms with Crippen LogP contribution in [0.3, 0.4) is 0 Å². The first-order chi connectivity index (χ1) is 7.74. The molecule has 0 radical (unpaired) electrons. The number of hydrogen-bond acceptors (Lipinski definition) is 5. The Hall–Kier alpha value is -1.95. The van der Waals surface area contributed by atoms with Crippen LogP contribution in [0.15, 0.2) is 21.3 Å². The highest BCUT2D eigenvalue weighted by molar-refractivity contribution is 5.85. The minimum atomic E-state index is -0.478. The number of aromatic nitrogens is 1. The average Bonchev–Trinajstić information content (AvgIpc) is 2.83. The number of nitrogens with zero attached hydrogens (tertiary/aromatic N) is 1. The molecule has 1 aliphatic rings. The van der Waals surface area contributed by atoms with E-state index in [4.69, 9.17) is 15.0 Å². The number of aromatic amines is 1. The van der Waals surface area contributed by atoms with Gasteiger partial charge in [-0.15, -0.1) is 0 Å². The predicted molar refractivity (Wildman–Crippen MR) is 59.2 cm³/mol. The molecule has 2 aromatic rings. The number of hydrogen-bond donors (Lipinski definition) is 2. The molecule has 0 atom stereocenters. The molecule has 2 heterocycles. The number of nitrogens with one attached hydrogen (secondary N) is 1. The molecule has 0 unspecified atom stereocenters. The van der Waals surface area contributed by atoms with Crippen molar-refractivity contribution in [2.24, 2.45) is 0 Å². The quantitative estimate of drug-likeness (QED) is 0.697. The normalized spacial score (nSPS) is 16.1. The van der Waals surface area contributed by atoms with Gasteiger partial charge in [-0.2, -0.15) is 0 Å². The van der Waals surface area contributed by atoms with Crippen LogP contribution in [-0.4, -0.2) is 18.1 Å². The highest BCUT2D eigenvalue weighted by atomic mass is 16.7. The SMILES string of the molecule is Nc1cc2oc(=O)[nH]c2cc1N1CCCO1. The number of rotatable bonds is 1. The maximum atomic E-state index is 11.0. The summed E-state index contributed by atoms with van der Waals surface area (Å²) in [6.45, 7) is 1.50. The van der Waals surface area contributed by atoms with E-state index in [1.165, 1.54) is 0 Å². The molecule has 0 saturated carbocycles. The number of H-pyrrole nitrogens is 1. The molecule has 3 rings (SSSR count). The maximum Gasteiger partial charge on any atom is 0.417 e. The van der Waals surface area contributed by atoms with Crippen LogP contribution < -0.4 is 16.6 Å². The lowest BCUT2D eigenvalue weighted by Crippen LogP contribution is -2.17. The maximum absolute atomic E-state index is 11.0. The molecule has 1 aromatic heterocycles. The van der Waals surface area contributed by atoms with Gasteiger partial charge in [-0.3, -0.25) is 14.9 Å². The van der Waals surface area contributed by atoms with Gasteiger partial charge in [-0.25, -0.2) is 4.79 Å². The fourth-order valence-electron chi connectivity index (χ4n) is 1.86. The van der Waals surface area contributed by atoms with E-state index in [1.807, 2.05) is 0 Å². The van der Waals surface area contributed by atoms with Gasteiger partial charge in [0.1, 0.15) is 0 Å². The Balaban J connectivity index is 2.16. The molecule has 0 aliphatic carbocycles. The predicted octanol–water partition coefficient (Wildman–Crippen LogP) is 0.845. The van der Waals surface area contributed by atoms with Crippen molar-refractivity contribution in [2.75, 3.05) is 23.9 Å². The van der Waals surface area contributed by atoms with Crippen molar-refractivity contribution in [1.82, 2.24) is 4.98 Å². The molecule has 16 heavy (non-hydrogen) atoms. The third-order valence-electron chi connectivity index (χ3n) is 2.59. The summed E-state index contributed by atoms with van der Waals surface area (Å²) in [5.41, 5.74) is 8.28. The van der Waals surface area contributed by atoms with Gasteiger partial charge in [0, 0.05) is 12.6 Å². The van der Waals surface area contributed by atoms with Crippen LogP contribution in [0.1, 0.15) is 6.42 Å². The smallest absolute Gasteiger partial charge is 0.408 e. The number of nitrogens with two attached hydrogens (primary N) is 1. The molecule has 0 spiro atoms. The van der Waals surface area contributed by atoms with Gasteiger partial charge >= 0.3 is 5.76 Å². The molecule has 0 bridgehead atoms. The molecular formula is C10H11N3O3. The number of fused-ring (bicyclic) bond motifs is 1. The van der Waals surface area contributed by atoms with Gasteiger partial charge in [-0.05, 0) is 12.5 Å². The van der Waals surface area contributed by atoms with E-state index in [1.54, 1.807) is 17.2 Å². The summed E-state index contributed by atoms with van der Waals surface area (Å²) in [5.74, 6) is -0.478. The van der Waals surface area contributed by atoms with Crippen molar-refractivity contribution in [3.8, 4) is 0 Å². The Labute approximate surface area is 90.5 Å². The molecular weight excluding hydrogens is 210 g/mol. The fraction of sp³-hybridized carbons (Fsp3) is 0.300. The molecule has 3 N–H and O–H groups in total.